The summed E-state index contributed by atoms with van der Waals surface area (Å²) in [6.07, 6.45) is 3.34. The fraction of sp³-hybridized carbons (Fsp3) is 0.333. The molecule has 1 amide bonds. The average Bonchev–Trinajstić information content (AvgIpc) is 3.15. The lowest BCUT2D eigenvalue weighted by Gasteiger charge is -2.12. The number of thiophene rings is 1. The number of nitrogens with zero attached hydrogens (tertiary/aromatic N) is 4. The summed E-state index contributed by atoms with van der Waals surface area (Å²) in [7, 11) is 0. The van der Waals surface area contributed by atoms with E-state index in [1.54, 1.807) is 23.0 Å². The molecule has 3 aromatic heterocycles. The summed E-state index contributed by atoms with van der Waals surface area (Å²) in [5, 5.41) is 9.42. The largest absolute Gasteiger partial charge is 0.311 e. The van der Waals surface area contributed by atoms with Crippen LogP contribution in [0.3, 0.4) is 0 Å². The van der Waals surface area contributed by atoms with Crippen molar-refractivity contribution in [2.24, 2.45) is 0 Å². The van der Waals surface area contributed by atoms with E-state index in [0.717, 1.165) is 4.83 Å². The third kappa shape index (κ3) is 3.16. The van der Waals surface area contributed by atoms with Crippen LogP contribution in [0, 0.1) is 0 Å². The zero-order chi connectivity index (χ0) is 16.4. The Morgan fingerprint density at radius 1 is 1.39 bits per heavy atom. The van der Waals surface area contributed by atoms with Crippen LogP contribution in [-0.4, -0.2) is 25.2 Å². The molecule has 0 atom stereocenters. The summed E-state index contributed by atoms with van der Waals surface area (Å²) in [5.41, 5.74) is -0.115. The molecule has 0 saturated heterocycles. The molecule has 3 heterocycles. The normalized spacial score (nSPS) is 11.3. The second-order valence-corrected chi connectivity index (χ2v) is 6.33. The summed E-state index contributed by atoms with van der Waals surface area (Å²) < 4.78 is 3.21. The van der Waals surface area contributed by atoms with Crippen molar-refractivity contribution in [3.8, 4) is 0 Å². The van der Waals surface area contributed by atoms with E-state index < -0.39 is 0 Å². The van der Waals surface area contributed by atoms with E-state index in [0.29, 0.717) is 17.7 Å². The van der Waals surface area contributed by atoms with Gasteiger partial charge in [0.2, 0.25) is 5.91 Å². The molecule has 0 spiro atoms. The zero-order valence-electron chi connectivity index (χ0n) is 12.9. The van der Waals surface area contributed by atoms with Crippen LogP contribution in [-0.2, 0) is 11.3 Å². The van der Waals surface area contributed by atoms with Crippen LogP contribution in [0.2, 0.25) is 0 Å². The van der Waals surface area contributed by atoms with Crippen LogP contribution >= 0.6 is 11.3 Å². The van der Waals surface area contributed by atoms with Gasteiger partial charge < -0.3 is 5.32 Å². The molecule has 0 aliphatic carbocycles. The number of hydrogen-bond acceptors (Lipinski definition) is 5. The van der Waals surface area contributed by atoms with Gasteiger partial charge in [0.05, 0.1) is 17.9 Å². The number of hydrogen-bond donors (Lipinski definition) is 1. The Balaban J connectivity index is 1.67. The van der Waals surface area contributed by atoms with Gasteiger partial charge in [-0.25, -0.2) is 9.67 Å². The van der Waals surface area contributed by atoms with Gasteiger partial charge in [0.25, 0.3) is 5.56 Å². The minimum atomic E-state index is -0.162. The highest BCUT2D eigenvalue weighted by molar-refractivity contribution is 7.16. The Kier molecular flexibility index (Phi) is 4.24. The Morgan fingerprint density at radius 2 is 2.22 bits per heavy atom. The maximum Gasteiger partial charge on any atom is 0.262 e. The van der Waals surface area contributed by atoms with E-state index in [1.807, 2.05) is 19.2 Å². The van der Waals surface area contributed by atoms with Crippen LogP contribution < -0.4 is 10.9 Å². The average molecular weight is 331 g/mol. The smallest absolute Gasteiger partial charge is 0.262 e. The van der Waals surface area contributed by atoms with E-state index >= 15 is 0 Å². The van der Waals surface area contributed by atoms with Crippen molar-refractivity contribution in [3.63, 3.8) is 0 Å². The molecule has 0 bridgehead atoms. The molecule has 0 fully saturated rings. The van der Waals surface area contributed by atoms with Gasteiger partial charge in [-0.05, 0) is 25.3 Å². The molecule has 3 rings (SSSR count). The van der Waals surface area contributed by atoms with Gasteiger partial charge in [0.1, 0.15) is 10.6 Å². The Hall–Kier alpha value is -2.48. The van der Waals surface area contributed by atoms with Crippen LogP contribution in [0.4, 0.5) is 5.82 Å². The van der Waals surface area contributed by atoms with Crippen LogP contribution in [0.5, 0.6) is 0 Å². The first-order valence-corrected chi connectivity index (χ1v) is 8.20. The van der Waals surface area contributed by atoms with Gasteiger partial charge in [-0.3, -0.25) is 14.2 Å². The highest BCUT2D eigenvalue weighted by atomic mass is 32.1. The summed E-state index contributed by atoms with van der Waals surface area (Å²) in [6, 6.07) is 3.67. The maximum atomic E-state index is 12.2. The number of nitrogens with one attached hydrogen (secondary N) is 1. The molecule has 8 heteroatoms. The monoisotopic (exact) mass is 331 g/mol. The standard InChI is InChI=1S/C15H17N5O2S/c1-10(2)20-12(3-6-17-20)18-13(21)4-7-19-9-16-14-11(15(19)22)5-8-23-14/h3,5-6,8-10H,4,7H2,1-2H3,(H,18,21). The van der Waals surface area contributed by atoms with Crippen molar-refractivity contribution in [1.29, 1.82) is 0 Å². The molecule has 0 unspecified atom stereocenters. The van der Waals surface area contributed by atoms with E-state index in [1.165, 1.54) is 22.2 Å². The lowest BCUT2D eigenvalue weighted by atomic mass is 10.3. The van der Waals surface area contributed by atoms with Crippen LogP contribution in [0.25, 0.3) is 10.2 Å². The molecule has 120 valence electrons. The summed E-state index contributed by atoms with van der Waals surface area (Å²) in [6.45, 7) is 4.27. The molecule has 0 aromatic carbocycles. The second-order valence-electron chi connectivity index (χ2n) is 5.44. The predicted octanol–water partition coefficient (Wildman–Crippen LogP) is 2.26. The lowest BCUT2D eigenvalue weighted by molar-refractivity contribution is -0.116. The third-order valence-corrected chi connectivity index (χ3v) is 4.28. The van der Waals surface area contributed by atoms with Gasteiger partial charge in [0.15, 0.2) is 0 Å². The quantitative estimate of drug-likeness (QED) is 0.777. The Labute approximate surface area is 136 Å². The topological polar surface area (TPSA) is 81.8 Å². The van der Waals surface area contributed by atoms with Crippen molar-refractivity contribution in [1.82, 2.24) is 19.3 Å². The third-order valence-electron chi connectivity index (χ3n) is 3.46. The molecular weight excluding hydrogens is 314 g/mol. The first kappa shape index (κ1) is 15.4. The van der Waals surface area contributed by atoms with Gasteiger partial charge in [0, 0.05) is 25.1 Å². The van der Waals surface area contributed by atoms with Crippen molar-refractivity contribution >= 4 is 33.3 Å². The number of anilines is 1. The molecule has 0 aliphatic rings. The van der Waals surface area contributed by atoms with Crippen molar-refractivity contribution in [2.75, 3.05) is 5.32 Å². The maximum absolute atomic E-state index is 12.2. The fourth-order valence-electron chi connectivity index (χ4n) is 2.30. The first-order valence-electron chi connectivity index (χ1n) is 7.32. The Morgan fingerprint density at radius 3 is 3.00 bits per heavy atom. The van der Waals surface area contributed by atoms with Gasteiger partial charge in [-0.1, -0.05) is 0 Å². The summed E-state index contributed by atoms with van der Waals surface area (Å²) in [5.74, 6) is 0.494. The number of carbonyl (C=O) groups is 1. The van der Waals surface area contributed by atoms with Crippen LogP contribution in [0.15, 0.2) is 34.8 Å². The predicted molar refractivity (Wildman–Crippen MR) is 89.7 cm³/mol. The number of aromatic nitrogens is 4. The van der Waals surface area contributed by atoms with E-state index in [4.69, 9.17) is 0 Å². The minimum absolute atomic E-state index is 0.115. The molecular formula is C15H17N5O2S. The number of rotatable bonds is 5. The van der Waals surface area contributed by atoms with E-state index in [-0.39, 0.29) is 23.9 Å². The van der Waals surface area contributed by atoms with E-state index in [2.05, 4.69) is 15.4 Å². The van der Waals surface area contributed by atoms with E-state index in [9.17, 15) is 9.59 Å². The molecule has 0 radical (unpaired) electrons. The summed E-state index contributed by atoms with van der Waals surface area (Å²) in [4.78, 5) is 29.3. The molecule has 0 aliphatic heterocycles. The summed E-state index contributed by atoms with van der Waals surface area (Å²) >= 11 is 1.43. The highest BCUT2D eigenvalue weighted by Gasteiger charge is 2.11. The van der Waals surface area contributed by atoms with Gasteiger partial charge >= 0.3 is 0 Å². The Bertz CT molecular complexity index is 893. The fourth-order valence-corrected chi connectivity index (χ4v) is 3.03. The molecule has 0 saturated carbocycles. The number of fused-ring (bicyclic) bond motifs is 1. The second kappa shape index (κ2) is 6.33. The SMILES string of the molecule is CC(C)n1nccc1NC(=O)CCn1cnc2sccc2c1=O. The van der Waals surface area contributed by atoms with Crippen molar-refractivity contribution < 1.29 is 4.79 Å². The zero-order valence-corrected chi connectivity index (χ0v) is 13.7. The minimum Gasteiger partial charge on any atom is -0.311 e. The van der Waals surface area contributed by atoms with Crippen molar-refractivity contribution in [3.05, 3.63) is 40.4 Å². The van der Waals surface area contributed by atoms with Gasteiger partial charge in [-0.15, -0.1) is 11.3 Å². The number of carbonyl (C=O) groups excluding carboxylic acids is 1. The van der Waals surface area contributed by atoms with Gasteiger partial charge in [-0.2, -0.15) is 5.10 Å². The number of amides is 1. The molecule has 23 heavy (non-hydrogen) atoms. The van der Waals surface area contributed by atoms with Crippen LogP contribution in [0.1, 0.15) is 26.3 Å². The molecule has 1 N–H and O–H groups in total. The molecule has 7 nitrogen and oxygen atoms in total. The number of aryl methyl sites for hydroxylation is 1. The lowest BCUT2D eigenvalue weighted by Crippen LogP contribution is -2.24. The molecule has 3 aromatic rings. The first-order chi connectivity index (χ1) is 11.1. The van der Waals surface area contributed by atoms with Crippen molar-refractivity contribution in [2.45, 2.75) is 32.9 Å². The highest BCUT2D eigenvalue weighted by Crippen LogP contribution is 2.14.